The standard InChI is InChI=1S/C23H25N5O4S/c1-28(2)16-5-3-14(4-6-16)17-7-9-24-22(26-17)27-18-11-30-21-19(12-31-20(18)21)32-23(29)25-15-8-10-33-13-15/h3-10,13,18-21H,11-12H2,1-2H3,(H,25,29)(H,24,26,27). The fourth-order valence-corrected chi connectivity index (χ4v) is 4.58. The number of amides is 1. The summed E-state index contributed by atoms with van der Waals surface area (Å²) < 4.78 is 17.4. The summed E-state index contributed by atoms with van der Waals surface area (Å²) in [5.74, 6) is 0.501. The van der Waals surface area contributed by atoms with Crippen LogP contribution in [0.3, 0.4) is 0 Å². The van der Waals surface area contributed by atoms with Crippen molar-refractivity contribution in [3.8, 4) is 11.3 Å². The van der Waals surface area contributed by atoms with E-state index in [1.807, 2.05) is 49.1 Å². The third-order valence-corrected chi connectivity index (χ3v) is 6.37. The fourth-order valence-electron chi connectivity index (χ4n) is 3.99. The lowest BCUT2D eigenvalue weighted by atomic mass is 10.1. The zero-order valence-corrected chi connectivity index (χ0v) is 19.1. The van der Waals surface area contributed by atoms with Gasteiger partial charge in [-0.15, -0.1) is 0 Å². The van der Waals surface area contributed by atoms with Crippen LogP contribution in [0.25, 0.3) is 11.3 Å². The summed E-state index contributed by atoms with van der Waals surface area (Å²) in [6.45, 7) is 0.691. The van der Waals surface area contributed by atoms with Gasteiger partial charge in [0.25, 0.3) is 0 Å². The number of hydrogen-bond acceptors (Lipinski definition) is 9. The average Bonchev–Trinajstić information content (AvgIpc) is 3.55. The van der Waals surface area contributed by atoms with Crippen LogP contribution in [-0.2, 0) is 14.2 Å². The van der Waals surface area contributed by atoms with Gasteiger partial charge < -0.3 is 24.4 Å². The maximum atomic E-state index is 12.2. The zero-order chi connectivity index (χ0) is 22.8. The van der Waals surface area contributed by atoms with Gasteiger partial charge >= 0.3 is 6.09 Å². The minimum Gasteiger partial charge on any atom is -0.441 e. The number of nitrogens with one attached hydrogen (secondary N) is 2. The van der Waals surface area contributed by atoms with E-state index in [-0.39, 0.29) is 24.9 Å². The van der Waals surface area contributed by atoms with E-state index in [0.29, 0.717) is 18.2 Å². The van der Waals surface area contributed by atoms with Crippen molar-refractivity contribution in [1.29, 1.82) is 0 Å². The molecule has 2 aliphatic rings. The highest BCUT2D eigenvalue weighted by molar-refractivity contribution is 7.08. The lowest BCUT2D eigenvalue weighted by molar-refractivity contribution is 0.00917. The molecule has 4 heterocycles. The molecule has 33 heavy (non-hydrogen) atoms. The SMILES string of the molecule is CN(C)c1ccc(-c2ccnc(NC3COC4C(OC(=O)Nc5ccsc5)COC34)n2)cc1. The molecular weight excluding hydrogens is 442 g/mol. The predicted molar refractivity (Wildman–Crippen MR) is 127 cm³/mol. The number of aromatic nitrogens is 2. The van der Waals surface area contributed by atoms with E-state index in [4.69, 9.17) is 14.2 Å². The monoisotopic (exact) mass is 467 g/mol. The first kappa shape index (κ1) is 21.6. The topological polar surface area (TPSA) is 97.8 Å². The van der Waals surface area contributed by atoms with Crippen molar-refractivity contribution >= 4 is 34.8 Å². The second-order valence-corrected chi connectivity index (χ2v) is 8.91. The Kier molecular flexibility index (Phi) is 6.12. The van der Waals surface area contributed by atoms with Gasteiger partial charge in [0.15, 0.2) is 6.10 Å². The number of carbonyl (C=O) groups excluding carboxylic acids is 1. The van der Waals surface area contributed by atoms with Gasteiger partial charge in [0.05, 0.1) is 30.6 Å². The molecule has 2 N–H and O–H groups in total. The molecule has 9 nitrogen and oxygen atoms in total. The lowest BCUT2D eigenvalue weighted by Gasteiger charge is -2.18. The second-order valence-electron chi connectivity index (χ2n) is 8.13. The van der Waals surface area contributed by atoms with E-state index < -0.39 is 12.2 Å². The van der Waals surface area contributed by atoms with E-state index in [9.17, 15) is 4.79 Å². The van der Waals surface area contributed by atoms with Crippen LogP contribution < -0.4 is 15.5 Å². The van der Waals surface area contributed by atoms with E-state index >= 15 is 0 Å². The molecule has 4 unspecified atom stereocenters. The molecule has 2 aliphatic heterocycles. The van der Waals surface area contributed by atoms with Gasteiger partial charge in [0, 0.05) is 36.9 Å². The molecule has 2 fully saturated rings. The highest BCUT2D eigenvalue weighted by atomic mass is 32.1. The van der Waals surface area contributed by atoms with Crippen molar-refractivity contribution in [1.82, 2.24) is 9.97 Å². The lowest BCUT2D eigenvalue weighted by Crippen LogP contribution is -2.38. The van der Waals surface area contributed by atoms with Crippen LogP contribution in [0.4, 0.5) is 22.1 Å². The van der Waals surface area contributed by atoms with Gasteiger partial charge in [-0.25, -0.2) is 14.8 Å². The van der Waals surface area contributed by atoms with Crippen LogP contribution in [0.2, 0.25) is 0 Å². The number of nitrogens with zero attached hydrogens (tertiary/aromatic N) is 3. The number of rotatable bonds is 6. The van der Waals surface area contributed by atoms with Gasteiger partial charge in [-0.05, 0) is 29.6 Å². The molecule has 172 valence electrons. The maximum Gasteiger partial charge on any atom is 0.412 e. The molecule has 3 aromatic rings. The normalized spacial score (nSPS) is 23.7. The van der Waals surface area contributed by atoms with Crippen LogP contribution in [0.1, 0.15) is 0 Å². The number of anilines is 3. The molecular formula is C23H25N5O4S. The van der Waals surface area contributed by atoms with E-state index in [1.165, 1.54) is 11.3 Å². The molecule has 0 aliphatic carbocycles. The minimum atomic E-state index is -0.515. The van der Waals surface area contributed by atoms with Crippen molar-refractivity contribution in [2.45, 2.75) is 24.4 Å². The number of hydrogen-bond donors (Lipinski definition) is 2. The maximum absolute atomic E-state index is 12.2. The Labute approximate surface area is 195 Å². The summed E-state index contributed by atoms with van der Waals surface area (Å²) in [4.78, 5) is 23.3. The molecule has 4 atom stereocenters. The first-order chi connectivity index (χ1) is 16.1. The van der Waals surface area contributed by atoms with E-state index in [0.717, 1.165) is 16.9 Å². The van der Waals surface area contributed by atoms with Gasteiger partial charge in [-0.2, -0.15) is 11.3 Å². The van der Waals surface area contributed by atoms with Gasteiger partial charge in [0.2, 0.25) is 5.95 Å². The Morgan fingerprint density at radius 2 is 1.94 bits per heavy atom. The molecule has 2 saturated heterocycles. The molecule has 1 aromatic carbocycles. The van der Waals surface area contributed by atoms with Crippen molar-refractivity contribution in [2.24, 2.45) is 0 Å². The van der Waals surface area contributed by atoms with E-state index in [2.05, 4.69) is 37.6 Å². The Bertz CT molecular complexity index is 1090. The number of benzene rings is 1. The number of thiophene rings is 1. The summed E-state index contributed by atoms with van der Waals surface area (Å²) in [7, 11) is 4.02. The van der Waals surface area contributed by atoms with Crippen LogP contribution in [0, 0.1) is 0 Å². The summed E-state index contributed by atoms with van der Waals surface area (Å²) in [5.41, 5.74) is 3.67. The Hall–Kier alpha value is -3.21. The summed E-state index contributed by atoms with van der Waals surface area (Å²) in [6, 6.07) is 11.7. The smallest absolute Gasteiger partial charge is 0.412 e. The molecule has 5 rings (SSSR count). The number of ether oxygens (including phenoxy) is 3. The number of fused-ring (bicyclic) bond motifs is 1. The molecule has 1 amide bonds. The first-order valence-corrected chi connectivity index (χ1v) is 11.6. The van der Waals surface area contributed by atoms with Crippen molar-refractivity contribution in [3.05, 3.63) is 53.4 Å². The molecule has 0 saturated carbocycles. The molecule has 0 spiro atoms. The van der Waals surface area contributed by atoms with Crippen LogP contribution >= 0.6 is 11.3 Å². The highest BCUT2D eigenvalue weighted by Gasteiger charge is 2.49. The van der Waals surface area contributed by atoms with E-state index in [1.54, 1.807) is 6.20 Å². The van der Waals surface area contributed by atoms with Crippen LogP contribution in [0.5, 0.6) is 0 Å². The van der Waals surface area contributed by atoms with Crippen molar-refractivity contribution in [2.75, 3.05) is 42.8 Å². The molecule has 10 heteroatoms. The van der Waals surface area contributed by atoms with Crippen LogP contribution in [0.15, 0.2) is 53.4 Å². The van der Waals surface area contributed by atoms with Gasteiger partial charge in [-0.3, -0.25) is 5.32 Å². The van der Waals surface area contributed by atoms with Crippen molar-refractivity contribution < 1.29 is 19.0 Å². The summed E-state index contributed by atoms with van der Waals surface area (Å²) in [6.07, 6.45) is 0.156. The van der Waals surface area contributed by atoms with Gasteiger partial charge in [0.1, 0.15) is 12.2 Å². The Morgan fingerprint density at radius 3 is 2.70 bits per heavy atom. The predicted octanol–water partition coefficient (Wildman–Crippen LogP) is 3.47. The quantitative estimate of drug-likeness (QED) is 0.569. The first-order valence-electron chi connectivity index (χ1n) is 10.7. The Balaban J connectivity index is 1.20. The van der Waals surface area contributed by atoms with Crippen molar-refractivity contribution in [3.63, 3.8) is 0 Å². The third-order valence-electron chi connectivity index (χ3n) is 5.68. The highest BCUT2D eigenvalue weighted by Crippen LogP contribution is 2.31. The summed E-state index contributed by atoms with van der Waals surface area (Å²) in [5, 5.41) is 9.76. The van der Waals surface area contributed by atoms with Crippen LogP contribution in [-0.4, -0.2) is 67.7 Å². The zero-order valence-electron chi connectivity index (χ0n) is 18.3. The average molecular weight is 468 g/mol. The second kappa shape index (κ2) is 9.34. The third kappa shape index (κ3) is 4.77. The molecule has 0 radical (unpaired) electrons. The minimum absolute atomic E-state index is 0.144. The molecule has 0 bridgehead atoms. The molecule has 2 aromatic heterocycles. The summed E-state index contributed by atoms with van der Waals surface area (Å²) >= 11 is 1.50. The van der Waals surface area contributed by atoms with Gasteiger partial charge in [-0.1, -0.05) is 12.1 Å². The Morgan fingerprint density at radius 1 is 1.12 bits per heavy atom. The number of carbonyl (C=O) groups is 1. The fraction of sp³-hybridized carbons (Fsp3) is 0.348. The largest absolute Gasteiger partial charge is 0.441 e.